The van der Waals surface area contributed by atoms with Crippen molar-refractivity contribution in [3.05, 3.63) is 30.1 Å². The maximum absolute atomic E-state index is 8.95. The predicted octanol–water partition coefficient (Wildman–Crippen LogP) is 1.31. The van der Waals surface area contributed by atoms with Crippen LogP contribution in [0.3, 0.4) is 0 Å². The summed E-state index contributed by atoms with van der Waals surface area (Å²) in [6.45, 7) is 1.71. The quantitative estimate of drug-likeness (QED) is 0.790. The Bertz CT molecular complexity index is 478. The zero-order valence-corrected chi connectivity index (χ0v) is 9.97. The summed E-state index contributed by atoms with van der Waals surface area (Å²) in [6.07, 6.45) is 2.61. The van der Waals surface area contributed by atoms with Gasteiger partial charge in [0.25, 0.3) is 0 Å². The van der Waals surface area contributed by atoms with Gasteiger partial charge in [-0.15, -0.1) is 0 Å². The molecule has 0 aliphatic rings. The highest BCUT2D eigenvalue weighted by Crippen LogP contribution is 2.17. The molecule has 0 saturated heterocycles. The van der Waals surface area contributed by atoms with E-state index in [2.05, 4.69) is 15.6 Å². The lowest BCUT2D eigenvalue weighted by molar-refractivity contribution is 0.280. The fraction of sp³-hybridized carbons (Fsp3) is 0.462. The first kappa shape index (κ1) is 12.1. The first-order chi connectivity index (χ1) is 8.36. The molecule has 0 fully saturated rings. The molecule has 0 unspecified atom stereocenters. The monoisotopic (exact) mass is 233 g/mol. The molecule has 3 N–H and O–H groups in total. The van der Waals surface area contributed by atoms with E-state index in [1.165, 1.54) is 0 Å². The van der Waals surface area contributed by atoms with Crippen LogP contribution in [-0.4, -0.2) is 27.8 Å². The van der Waals surface area contributed by atoms with Crippen LogP contribution in [0.5, 0.6) is 0 Å². The first-order valence-electron chi connectivity index (χ1n) is 6.12. The highest BCUT2D eigenvalue weighted by Gasteiger charge is 2.09. The van der Waals surface area contributed by atoms with Gasteiger partial charge in [-0.3, -0.25) is 0 Å². The average molecular weight is 233 g/mol. The van der Waals surface area contributed by atoms with Crippen molar-refractivity contribution in [1.82, 2.24) is 9.55 Å². The smallest absolute Gasteiger partial charge is 0.109 e. The van der Waals surface area contributed by atoms with E-state index in [4.69, 9.17) is 10.8 Å². The molecule has 0 bridgehead atoms. The van der Waals surface area contributed by atoms with Gasteiger partial charge in [-0.25, -0.2) is 4.98 Å². The number of para-hydroxylation sites is 2. The van der Waals surface area contributed by atoms with Crippen LogP contribution in [0.4, 0.5) is 0 Å². The molecule has 0 atom stereocenters. The SMILES string of the molecule is NCCCc1nc2ccccc2n1CCCO. The summed E-state index contributed by atoms with van der Waals surface area (Å²) in [5.41, 5.74) is 7.72. The summed E-state index contributed by atoms with van der Waals surface area (Å²) in [6, 6.07) is 8.12. The second kappa shape index (κ2) is 5.80. The van der Waals surface area contributed by atoms with Gasteiger partial charge in [-0.1, -0.05) is 12.1 Å². The third-order valence-corrected chi connectivity index (χ3v) is 2.88. The Morgan fingerprint density at radius 3 is 2.82 bits per heavy atom. The Labute approximate surface area is 101 Å². The van der Waals surface area contributed by atoms with E-state index in [0.717, 1.165) is 42.7 Å². The number of aliphatic hydroxyl groups is 1. The number of hydrogen-bond donors (Lipinski definition) is 2. The molecule has 0 spiro atoms. The fourth-order valence-electron chi connectivity index (χ4n) is 2.05. The Hall–Kier alpha value is -1.39. The van der Waals surface area contributed by atoms with Crippen molar-refractivity contribution in [2.24, 2.45) is 5.73 Å². The molecule has 1 aromatic carbocycles. The van der Waals surface area contributed by atoms with E-state index in [1.54, 1.807) is 0 Å². The highest BCUT2D eigenvalue weighted by atomic mass is 16.3. The van der Waals surface area contributed by atoms with Gasteiger partial charge in [0.05, 0.1) is 11.0 Å². The van der Waals surface area contributed by atoms with Crippen molar-refractivity contribution in [3.8, 4) is 0 Å². The molecule has 0 saturated carbocycles. The van der Waals surface area contributed by atoms with Gasteiger partial charge in [0.1, 0.15) is 5.82 Å². The molecule has 4 heteroatoms. The number of aryl methyl sites for hydroxylation is 2. The summed E-state index contributed by atoms with van der Waals surface area (Å²) >= 11 is 0. The number of aromatic nitrogens is 2. The molecule has 2 aromatic rings. The van der Waals surface area contributed by atoms with Gasteiger partial charge in [-0.2, -0.15) is 0 Å². The molecule has 1 heterocycles. The number of nitrogens with zero attached hydrogens (tertiary/aromatic N) is 2. The molecule has 0 aliphatic heterocycles. The van der Waals surface area contributed by atoms with Gasteiger partial charge < -0.3 is 15.4 Å². The minimum Gasteiger partial charge on any atom is -0.396 e. The lowest BCUT2D eigenvalue weighted by Gasteiger charge is -2.07. The predicted molar refractivity (Wildman–Crippen MR) is 68.8 cm³/mol. The van der Waals surface area contributed by atoms with Crippen molar-refractivity contribution in [2.45, 2.75) is 25.8 Å². The van der Waals surface area contributed by atoms with Crippen LogP contribution >= 0.6 is 0 Å². The number of aliphatic hydroxyl groups excluding tert-OH is 1. The summed E-state index contributed by atoms with van der Waals surface area (Å²) < 4.78 is 2.20. The van der Waals surface area contributed by atoms with Crippen molar-refractivity contribution >= 4 is 11.0 Å². The zero-order chi connectivity index (χ0) is 12.1. The lowest BCUT2D eigenvalue weighted by Crippen LogP contribution is -2.08. The van der Waals surface area contributed by atoms with Gasteiger partial charge in [0.2, 0.25) is 0 Å². The Morgan fingerprint density at radius 2 is 2.06 bits per heavy atom. The normalized spacial score (nSPS) is 11.2. The summed E-state index contributed by atoms with van der Waals surface area (Å²) in [7, 11) is 0. The Kier molecular flexibility index (Phi) is 4.12. The second-order valence-electron chi connectivity index (χ2n) is 4.14. The summed E-state index contributed by atoms with van der Waals surface area (Å²) in [5.74, 6) is 1.07. The number of nitrogens with two attached hydrogens (primary N) is 1. The molecular formula is C13H19N3O. The van der Waals surface area contributed by atoms with Crippen LogP contribution in [0.2, 0.25) is 0 Å². The molecule has 92 valence electrons. The maximum Gasteiger partial charge on any atom is 0.109 e. The Balaban J connectivity index is 2.34. The number of fused-ring (bicyclic) bond motifs is 1. The fourth-order valence-corrected chi connectivity index (χ4v) is 2.05. The van der Waals surface area contributed by atoms with E-state index in [-0.39, 0.29) is 6.61 Å². The largest absolute Gasteiger partial charge is 0.396 e. The molecular weight excluding hydrogens is 214 g/mol. The zero-order valence-electron chi connectivity index (χ0n) is 9.97. The number of benzene rings is 1. The molecule has 1 aromatic heterocycles. The first-order valence-corrected chi connectivity index (χ1v) is 6.12. The van der Waals surface area contributed by atoms with E-state index < -0.39 is 0 Å². The minimum absolute atomic E-state index is 0.211. The molecule has 0 aliphatic carbocycles. The van der Waals surface area contributed by atoms with Crippen molar-refractivity contribution in [2.75, 3.05) is 13.2 Å². The molecule has 4 nitrogen and oxygen atoms in total. The Morgan fingerprint density at radius 1 is 1.24 bits per heavy atom. The van der Waals surface area contributed by atoms with E-state index in [1.807, 2.05) is 18.2 Å². The van der Waals surface area contributed by atoms with Crippen molar-refractivity contribution in [3.63, 3.8) is 0 Å². The van der Waals surface area contributed by atoms with Crippen LogP contribution < -0.4 is 5.73 Å². The molecule has 0 amide bonds. The number of imidazole rings is 1. The van der Waals surface area contributed by atoms with E-state index in [0.29, 0.717) is 6.54 Å². The minimum atomic E-state index is 0.211. The second-order valence-corrected chi connectivity index (χ2v) is 4.14. The van der Waals surface area contributed by atoms with Crippen LogP contribution in [0, 0.1) is 0 Å². The van der Waals surface area contributed by atoms with Crippen LogP contribution in [0.25, 0.3) is 11.0 Å². The van der Waals surface area contributed by atoms with Gasteiger partial charge in [-0.05, 0) is 31.5 Å². The van der Waals surface area contributed by atoms with Crippen LogP contribution in [-0.2, 0) is 13.0 Å². The van der Waals surface area contributed by atoms with Gasteiger partial charge in [0.15, 0.2) is 0 Å². The number of hydrogen-bond acceptors (Lipinski definition) is 3. The van der Waals surface area contributed by atoms with Gasteiger partial charge in [0, 0.05) is 19.6 Å². The van der Waals surface area contributed by atoms with E-state index in [9.17, 15) is 0 Å². The number of rotatable bonds is 6. The highest BCUT2D eigenvalue weighted by molar-refractivity contribution is 5.75. The topological polar surface area (TPSA) is 64.1 Å². The van der Waals surface area contributed by atoms with Gasteiger partial charge >= 0.3 is 0 Å². The van der Waals surface area contributed by atoms with Crippen molar-refractivity contribution in [1.29, 1.82) is 0 Å². The standard InChI is InChI=1S/C13H19N3O/c14-8-3-7-13-15-11-5-1-2-6-12(11)16(13)9-4-10-17/h1-2,5-6,17H,3-4,7-10,14H2. The molecule has 17 heavy (non-hydrogen) atoms. The average Bonchev–Trinajstić information content (AvgIpc) is 2.71. The van der Waals surface area contributed by atoms with Crippen LogP contribution in [0.15, 0.2) is 24.3 Å². The maximum atomic E-state index is 8.95. The van der Waals surface area contributed by atoms with E-state index >= 15 is 0 Å². The van der Waals surface area contributed by atoms with Crippen LogP contribution in [0.1, 0.15) is 18.7 Å². The molecule has 0 radical (unpaired) electrons. The molecule has 2 rings (SSSR count). The lowest BCUT2D eigenvalue weighted by atomic mass is 10.3. The third-order valence-electron chi connectivity index (χ3n) is 2.88. The summed E-state index contributed by atoms with van der Waals surface area (Å²) in [5, 5.41) is 8.95. The third kappa shape index (κ3) is 2.65. The van der Waals surface area contributed by atoms with Crippen molar-refractivity contribution < 1.29 is 5.11 Å². The summed E-state index contributed by atoms with van der Waals surface area (Å²) in [4.78, 5) is 4.63.